The summed E-state index contributed by atoms with van der Waals surface area (Å²) in [7, 11) is 0. The number of hydrogen-bond acceptors (Lipinski definition) is 7. The molecule has 1 aromatic carbocycles. The topological polar surface area (TPSA) is 134 Å². The van der Waals surface area contributed by atoms with Gasteiger partial charge in [-0.25, -0.2) is 4.79 Å². The summed E-state index contributed by atoms with van der Waals surface area (Å²) in [6.45, 7) is 0.773. The second kappa shape index (κ2) is 9.16. The van der Waals surface area contributed by atoms with Gasteiger partial charge in [-0.1, -0.05) is 18.2 Å². The Kier molecular flexibility index (Phi) is 6.92. The SMILES string of the molecule is CC#C[C@@](O)([C@H](O)[C@H](O)COCOc1ccccc1)n1ccc(=O)[nH]c1=O. The molecule has 2 aromatic rings. The number of hydrogen-bond donors (Lipinski definition) is 4. The summed E-state index contributed by atoms with van der Waals surface area (Å²) in [4.78, 5) is 25.1. The van der Waals surface area contributed by atoms with E-state index in [2.05, 4.69) is 11.8 Å². The molecule has 1 heterocycles. The van der Waals surface area contributed by atoms with Gasteiger partial charge in [0.25, 0.3) is 5.56 Å². The van der Waals surface area contributed by atoms with Crippen LogP contribution < -0.4 is 16.0 Å². The van der Waals surface area contributed by atoms with E-state index in [1.807, 2.05) is 11.1 Å². The van der Waals surface area contributed by atoms with E-state index in [1.54, 1.807) is 24.3 Å². The molecule has 0 saturated heterocycles. The van der Waals surface area contributed by atoms with E-state index in [0.717, 1.165) is 12.3 Å². The van der Waals surface area contributed by atoms with Crippen molar-refractivity contribution in [1.82, 2.24) is 9.55 Å². The summed E-state index contributed by atoms with van der Waals surface area (Å²) in [5.41, 5.74) is -4.15. The molecule has 2 rings (SSSR count). The molecule has 1 aromatic heterocycles. The maximum absolute atomic E-state index is 11.9. The molecule has 4 N–H and O–H groups in total. The smallest absolute Gasteiger partial charge is 0.331 e. The molecule has 0 radical (unpaired) electrons. The van der Waals surface area contributed by atoms with Gasteiger partial charge in [0.2, 0.25) is 5.72 Å². The number of aliphatic hydroxyl groups is 3. The maximum atomic E-state index is 11.9. The molecule has 0 aliphatic carbocycles. The van der Waals surface area contributed by atoms with E-state index in [1.165, 1.54) is 6.92 Å². The lowest BCUT2D eigenvalue weighted by atomic mass is 10.0. The Labute approximate surface area is 154 Å². The van der Waals surface area contributed by atoms with E-state index in [0.29, 0.717) is 10.3 Å². The van der Waals surface area contributed by atoms with Crippen LogP contribution in [-0.2, 0) is 10.5 Å². The minimum Gasteiger partial charge on any atom is -0.468 e. The first-order valence-electron chi connectivity index (χ1n) is 7.99. The Morgan fingerprint density at radius 1 is 1.22 bits per heavy atom. The normalized spacial score (nSPS) is 15.1. The lowest BCUT2D eigenvalue weighted by molar-refractivity contribution is -0.158. The van der Waals surface area contributed by atoms with Crippen molar-refractivity contribution < 1.29 is 24.8 Å². The molecule has 0 fully saturated rings. The van der Waals surface area contributed by atoms with E-state index in [-0.39, 0.29) is 6.79 Å². The fraction of sp³-hybridized carbons (Fsp3) is 0.333. The number of H-pyrrole nitrogens is 1. The van der Waals surface area contributed by atoms with E-state index < -0.39 is 35.8 Å². The van der Waals surface area contributed by atoms with Crippen LogP contribution in [0.5, 0.6) is 5.75 Å². The predicted molar refractivity (Wildman–Crippen MR) is 94.9 cm³/mol. The van der Waals surface area contributed by atoms with Crippen LogP contribution in [0.15, 0.2) is 52.2 Å². The van der Waals surface area contributed by atoms with Gasteiger partial charge in [0, 0.05) is 12.3 Å². The highest BCUT2D eigenvalue weighted by atomic mass is 16.7. The molecule has 0 aliphatic rings. The quantitative estimate of drug-likeness (QED) is 0.263. The second-order valence-electron chi connectivity index (χ2n) is 5.54. The second-order valence-corrected chi connectivity index (χ2v) is 5.54. The highest BCUT2D eigenvalue weighted by Crippen LogP contribution is 2.18. The number of benzene rings is 1. The van der Waals surface area contributed by atoms with Gasteiger partial charge in [0.05, 0.1) is 6.61 Å². The fourth-order valence-electron chi connectivity index (χ4n) is 2.30. The molecule has 0 spiro atoms. The van der Waals surface area contributed by atoms with Crippen LogP contribution in [0.3, 0.4) is 0 Å². The maximum Gasteiger partial charge on any atom is 0.331 e. The number of ether oxygens (including phenoxy) is 2. The third-order valence-corrected chi connectivity index (χ3v) is 3.62. The molecule has 0 unspecified atom stereocenters. The molecule has 0 amide bonds. The fourth-order valence-corrected chi connectivity index (χ4v) is 2.30. The molecule has 3 atom stereocenters. The molecule has 144 valence electrons. The van der Waals surface area contributed by atoms with Crippen molar-refractivity contribution in [2.45, 2.75) is 24.9 Å². The lowest BCUT2D eigenvalue weighted by Crippen LogP contribution is -2.55. The molecule has 27 heavy (non-hydrogen) atoms. The Balaban J connectivity index is 2.06. The van der Waals surface area contributed by atoms with Gasteiger partial charge in [-0.15, -0.1) is 5.92 Å². The van der Waals surface area contributed by atoms with Gasteiger partial charge in [0.1, 0.15) is 18.0 Å². The van der Waals surface area contributed by atoms with Crippen LogP contribution in [0.1, 0.15) is 6.92 Å². The summed E-state index contributed by atoms with van der Waals surface area (Å²) in [5, 5.41) is 31.2. The average Bonchev–Trinajstić information content (AvgIpc) is 2.65. The van der Waals surface area contributed by atoms with Crippen molar-refractivity contribution in [1.29, 1.82) is 0 Å². The number of nitrogens with one attached hydrogen (secondary N) is 1. The van der Waals surface area contributed by atoms with Crippen molar-refractivity contribution in [3.63, 3.8) is 0 Å². The highest BCUT2D eigenvalue weighted by molar-refractivity contribution is 5.20. The monoisotopic (exact) mass is 376 g/mol. The van der Waals surface area contributed by atoms with Crippen LogP contribution in [0.2, 0.25) is 0 Å². The number of nitrogens with zero attached hydrogens (tertiary/aromatic N) is 1. The van der Waals surface area contributed by atoms with Crippen molar-refractivity contribution in [3.05, 3.63) is 63.4 Å². The lowest BCUT2D eigenvalue weighted by Gasteiger charge is -2.32. The van der Waals surface area contributed by atoms with Gasteiger partial charge < -0.3 is 24.8 Å². The summed E-state index contributed by atoms with van der Waals surface area (Å²) >= 11 is 0. The van der Waals surface area contributed by atoms with E-state index in [4.69, 9.17) is 9.47 Å². The minimum absolute atomic E-state index is 0.204. The van der Waals surface area contributed by atoms with Crippen LogP contribution >= 0.6 is 0 Å². The van der Waals surface area contributed by atoms with Crippen LogP contribution in [0, 0.1) is 11.8 Å². The molecule has 0 aliphatic heterocycles. The molecular formula is C18H20N2O7. The van der Waals surface area contributed by atoms with Gasteiger partial charge >= 0.3 is 5.69 Å². The van der Waals surface area contributed by atoms with Crippen molar-refractivity contribution in [2.24, 2.45) is 0 Å². The standard InChI is InChI=1S/C18H20N2O7/c1-2-9-18(25,20-10-8-15(22)19-17(20)24)16(23)14(21)11-26-12-27-13-6-4-3-5-7-13/h3-8,10,14,16,21,23,25H,11-12H2,1H3,(H,19,22,24)/t14-,16-,18-/m1/s1. The summed E-state index contributed by atoms with van der Waals surface area (Å²) < 4.78 is 11.1. The van der Waals surface area contributed by atoms with Crippen molar-refractivity contribution >= 4 is 0 Å². The van der Waals surface area contributed by atoms with Crippen LogP contribution in [0.25, 0.3) is 0 Å². The van der Waals surface area contributed by atoms with Gasteiger partial charge in [-0.2, -0.15) is 0 Å². The number of aliphatic hydroxyl groups excluding tert-OH is 2. The summed E-state index contributed by atoms with van der Waals surface area (Å²) in [6, 6.07) is 9.79. The van der Waals surface area contributed by atoms with E-state index in [9.17, 15) is 24.9 Å². The first kappa shape index (κ1) is 20.4. The summed E-state index contributed by atoms with van der Waals surface area (Å²) in [6.07, 6.45) is -2.54. The van der Waals surface area contributed by atoms with Gasteiger partial charge in [-0.05, 0) is 25.0 Å². The Morgan fingerprint density at radius 3 is 2.56 bits per heavy atom. The molecule has 9 nitrogen and oxygen atoms in total. The van der Waals surface area contributed by atoms with Crippen LogP contribution in [0.4, 0.5) is 0 Å². The van der Waals surface area contributed by atoms with Gasteiger partial charge in [0.15, 0.2) is 6.79 Å². The zero-order chi connectivity index (χ0) is 19.9. The highest BCUT2D eigenvalue weighted by Gasteiger charge is 2.41. The zero-order valence-corrected chi connectivity index (χ0v) is 14.5. The minimum atomic E-state index is -2.47. The average molecular weight is 376 g/mol. The molecule has 0 bridgehead atoms. The molecular weight excluding hydrogens is 356 g/mol. The zero-order valence-electron chi connectivity index (χ0n) is 14.5. The Bertz CT molecular complexity index is 913. The number of aromatic amines is 1. The van der Waals surface area contributed by atoms with Crippen molar-refractivity contribution in [2.75, 3.05) is 13.4 Å². The summed E-state index contributed by atoms with van der Waals surface area (Å²) in [5.74, 6) is 5.22. The first-order chi connectivity index (χ1) is 12.9. The molecule has 9 heteroatoms. The Morgan fingerprint density at radius 2 is 1.93 bits per heavy atom. The Hall–Kier alpha value is -2.90. The molecule has 0 saturated carbocycles. The number of aromatic nitrogens is 2. The predicted octanol–water partition coefficient (Wildman–Crippen LogP) is -1.02. The first-order valence-corrected chi connectivity index (χ1v) is 7.99. The van der Waals surface area contributed by atoms with Gasteiger partial charge in [-0.3, -0.25) is 14.3 Å². The number of para-hydroxylation sites is 1. The van der Waals surface area contributed by atoms with E-state index >= 15 is 0 Å². The third kappa shape index (κ3) is 5.06. The largest absolute Gasteiger partial charge is 0.468 e. The third-order valence-electron chi connectivity index (χ3n) is 3.62. The van der Waals surface area contributed by atoms with Crippen molar-refractivity contribution in [3.8, 4) is 17.6 Å². The number of rotatable bonds is 8. The van der Waals surface area contributed by atoms with Crippen LogP contribution in [-0.4, -0.2) is 50.5 Å².